The lowest BCUT2D eigenvalue weighted by Gasteiger charge is -2.41. The lowest BCUT2D eigenvalue weighted by molar-refractivity contribution is 0.202. The van der Waals surface area contributed by atoms with Gasteiger partial charge in [-0.25, -0.2) is 4.98 Å². The van der Waals surface area contributed by atoms with Gasteiger partial charge >= 0.3 is 0 Å². The Kier molecular flexibility index (Phi) is 3.10. The van der Waals surface area contributed by atoms with E-state index in [1.807, 2.05) is 6.92 Å². The van der Waals surface area contributed by atoms with Crippen molar-refractivity contribution in [1.29, 1.82) is 0 Å². The molecule has 1 saturated carbocycles. The molecule has 2 atom stereocenters. The van der Waals surface area contributed by atoms with E-state index >= 15 is 0 Å². The Labute approximate surface area is 107 Å². The van der Waals surface area contributed by atoms with E-state index in [0.717, 1.165) is 30.7 Å². The van der Waals surface area contributed by atoms with Gasteiger partial charge in [0.1, 0.15) is 11.6 Å². The van der Waals surface area contributed by atoms with Crippen molar-refractivity contribution < 1.29 is 0 Å². The molecule has 1 aromatic rings. The number of nitrogens with one attached hydrogen (secondary N) is 1. The standard InChI is InChI=1S/C14H21N3O/c1-10-15-13(8-14(18)16-10)17-7-6-11-4-2-3-5-12(11)9-17/h8,11-12H,2-7,9H2,1H3,(H,15,16,18). The largest absolute Gasteiger partial charge is 0.356 e. The number of fused-ring (bicyclic) bond motifs is 1. The van der Waals surface area contributed by atoms with Crippen molar-refractivity contribution in [2.24, 2.45) is 11.8 Å². The molecule has 1 N–H and O–H groups in total. The van der Waals surface area contributed by atoms with Gasteiger partial charge in [-0.3, -0.25) is 4.79 Å². The molecule has 1 aliphatic carbocycles. The van der Waals surface area contributed by atoms with Gasteiger partial charge in [0.05, 0.1) is 0 Å². The first-order valence-corrected chi connectivity index (χ1v) is 7.05. The number of anilines is 1. The SMILES string of the molecule is Cc1nc(N2CCC3CCCCC3C2)cc(=O)[nH]1. The molecular weight excluding hydrogens is 226 g/mol. The molecule has 4 heteroatoms. The van der Waals surface area contributed by atoms with Crippen LogP contribution in [0.25, 0.3) is 0 Å². The molecule has 1 aromatic heterocycles. The minimum atomic E-state index is -0.0386. The summed E-state index contributed by atoms with van der Waals surface area (Å²) in [6.45, 7) is 3.98. The highest BCUT2D eigenvalue weighted by molar-refractivity contribution is 5.38. The molecule has 98 valence electrons. The number of rotatable bonds is 1. The van der Waals surface area contributed by atoms with E-state index in [1.54, 1.807) is 6.07 Å². The highest BCUT2D eigenvalue weighted by Crippen LogP contribution is 2.36. The maximum atomic E-state index is 11.5. The van der Waals surface area contributed by atoms with Gasteiger partial charge in [0.15, 0.2) is 0 Å². The monoisotopic (exact) mass is 247 g/mol. The number of hydrogen-bond acceptors (Lipinski definition) is 3. The molecule has 3 rings (SSSR count). The van der Waals surface area contributed by atoms with Crippen LogP contribution in [0.2, 0.25) is 0 Å². The number of aryl methyl sites for hydroxylation is 1. The summed E-state index contributed by atoms with van der Waals surface area (Å²) >= 11 is 0. The summed E-state index contributed by atoms with van der Waals surface area (Å²) in [6, 6.07) is 1.64. The van der Waals surface area contributed by atoms with Crippen LogP contribution in [-0.2, 0) is 0 Å². The first-order valence-electron chi connectivity index (χ1n) is 7.05. The summed E-state index contributed by atoms with van der Waals surface area (Å²) < 4.78 is 0. The van der Waals surface area contributed by atoms with E-state index in [4.69, 9.17) is 0 Å². The summed E-state index contributed by atoms with van der Waals surface area (Å²) in [4.78, 5) is 21.0. The predicted molar refractivity (Wildman–Crippen MR) is 71.9 cm³/mol. The Morgan fingerprint density at radius 3 is 2.83 bits per heavy atom. The minimum Gasteiger partial charge on any atom is -0.356 e. The van der Waals surface area contributed by atoms with Crippen LogP contribution < -0.4 is 10.5 Å². The normalized spacial score (nSPS) is 27.9. The van der Waals surface area contributed by atoms with E-state index < -0.39 is 0 Å². The topological polar surface area (TPSA) is 49.0 Å². The van der Waals surface area contributed by atoms with Gasteiger partial charge in [-0.15, -0.1) is 0 Å². The minimum absolute atomic E-state index is 0.0386. The number of aromatic nitrogens is 2. The summed E-state index contributed by atoms with van der Waals surface area (Å²) in [5.41, 5.74) is -0.0386. The number of H-pyrrole nitrogens is 1. The molecule has 2 unspecified atom stereocenters. The van der Waals surface area contributed by atoms with Crippen molar-refractivity contribution in [1.82, 2.24) is 9.97 Å². The fourth-order valence-corrected chi connectivity index (χ4v) is 3.53. The highest BCUT2D eigenvalue weighted by atomic mass is 16.1. The van der Waals surface area contributed by atoms with Gasteiger partial charge in [0, 0.05) is 19.2 Å². The van der Waals surface area contributed by atoms with Crippen LogP contribution in [0.5, 0.6) is 0 Å². The van der Waals surface area contributed by atoms with E-state index in [9.17, 15) is 4.79 Å². The molecule has 0 aromatic carbocycles. The number of aromatic amines is 1. The molecule has 4 nitrogen and oxygen atoms in total. The van der Waals surface area contributed by atoms with Crippen LogP contribution in [0, 0.1) is 18.8 Å². The van der Waals surface area contributed by atoms with Gasteiger partial charge in [0.2, 0.25) is 0 Å². The lowest BCUT2D eigenvalue weighted by atomic mass is 9.75. The van der Waals surface area contributed by atoms with E-state index in [-0.39, 0.29) is 5.56 Å². The second-order valence-electron chi connectivity index (χ2n) is 5.73. The first-order chi connectivity index (χ1) is 8.72. The third-order valence-corrected chi connectivity index (χ3v) is 4.46. The van der Waals surface area contributed by atoms with Crippen molar-refractivity contribution in [3.05, 3.63) is 22.2 Å². The Morgan fingerprint density at radius 1 is 1.28 bits per heavy atom. The summed E-state index contributed by atoms with van der Waals surface area (Å²) in [5.74, 6) is 3.30. The summed E-state index contributed by atoms with van der Waals surface area (Å²) in [7, 11) is 0. The van der Waals surface area contributed by atoms with Crippen molar-refractivity contribution >= 4 is 5.82 Å². The molecule has 2 heterocycles. The Morgan fingerprint density at radius 2 is 2.06 bits per heavy atom. The fourth-order valence-electron chi connectivity index (χ4n) is 3.53. The molecule has 1 aliphatic heterocycles. The van der Waals surface area contributed by atoms with Crippen molar-refractivity contribution in [2.45, 2.75) is 39.0 Å². The predicted octanol–water partition coefficient (Wildman–Crippen LogP) is 2.09. The Balaban J connectivity index is 1.79. The van der Waals surface area contributed by atoms with Crippen molar-refractivity contribution in [3.63, 3.8) is 0 Å². The van der Waals surface area contributed by atoms with Crippen molar-refractivity contribution in [3.8, 4) is 0 Å². The van der Waals surface area contributed by atoms with Gasteiger partial charge in [-0.2, -0.15) is 0 Å². The van der Waals surface area contributed by atoms with Gasteiger partial charge < -0.3 is 9.88 Å². The zero-order chi connectivity index (χ0) is 12.5. The lowest BCUT2D eigenvalue weighted by Crippen LogP contribution is -2.42. The fraction of sp³-hybridized carbons (Fsp3) is 0.714. The molecular formula is C14H21N3O. The third-order valence-electron chi connectivity index (χ3n) is 4.46. The maximum Gasteiger partial charge on any atom is 0.252 e. The Hall–Kier alpha value is -1.32. The summed E-state index contributed by atoms with van der Waals surface area (Å²) in [6.07, 6.45) is 6.79. The zero-order valence-corrected chi connectivity index (χ0v) is 11.0. The van der Waals surface area contributed by atoms with Gasteiger partial charge in [-0.1, -0.05) is 19.3 Å². The molecule has 0 radical (unpaired) electrons. The molecule has 0 spiro atoms. The molecule has 2 aliphatic rings. The van der Waals surface area contributed by atoms with Gasteiger partial charge in [-0.05, 0) is 31.6 Å². The molecule has 0 amide bonds. The Bertz CT molecular complexity index is 482. The van der Waals surface area contributed by atoms with Crippen molar-refractivity contribution in [2.75, 3.05) is 18.0 Å². The number of nitrogens with zero attached hydrogens (tertiary/aromatic N) is 2. The second-order valence-corrected chi connectivity index (χ2v) is 5.73. The van der Waals surface area contributed by atoms with Crippen LogP contribution in [0.15, 0.2) is 10.9 Å². The van der Waals surface area contributed by atoms with Crippen LogP contribution in [0.4, 0.5) is 5.82 Å². The van der Waals surface area contributed by atoms with Crippen LogP contribution in [0.1, 0.15) is 37.9 Å². The number of piperidine rings is 1. The third kappa shape index (κ3) is 2.28. The zero-order valence-electron chi connectivity index (χ0n) is 11.0. The smallest absolute Gasteiger partial charge is 0.252 e. The van der Waals surface area contributed by atoms with Crippen LogP contribution in [0.3, 0.4) is 0 Å². The number of hydrogen-bond donors (Lipinski definition) is 1. The van der Waals surface area contributed by atoms with Crippen LogP contribution in [-0.4, -0.2) is 23.1 Å². The maximum absolute atomic E-state index is 11.5. The van der Waals surface area contributed by atoms with E-state index in [1.165, 1.54) is 32.1 Å². The second kappa shape index (κ2) is 4.75. The molecule has 1 saturated heterocycles. The first kappa shape index (κ1) is 11.8. The average Bonchev–Trinajstić information content (AvgIpc) is 2.37. The summed E-state index contributed by atoms with van der Waals surface area (Å²) in [5, 5.41) is 0. The molecule has 0 bridgehead atoms. The van der Waals surface area contributed by atoms with E-state index in [0.29, 0.717) is 5.82 Å². The van der Waals surface area contributed by atoms with E-state index in [2.05, 4.69) is 14.9 Å². The average molecular weight is 247 g/mol. The van der Waals surface area contributed by atoms with Crippen LogP contribution >= 0.6 is 0 Å². The van der Waals surface area contributed by atoms with Gasteiger partial charge in [0.25, 0.3) is 5.56 Å². The quantitative estimate of drug-likeness (QED) is 0.826. The molecule has 18 heavy (non-hydrogen) atoms. The highest BCUT2D eigenvalue weighted by Gasteiger charge is 2.31. The molecule has 2 fully saturated rings.